The molecule has 2 aromatic rings. The number of aromatic hydroxyl groups is 1. The summed E-state index contributed by atoms with van der Waals surface area (Å²) in [5.74, 6) is -24.6. The van der Waals surface area contributed by atoms with Gasteiger partial charge < -0.3 is 155 Å². The molecule has 1 fully saturated rings. The van der Waals surface area contributed by atoms with E-state index in [2.05, 4.69) is 114 Å². The van der Waals surface area contributed by atoms with E-state index in [-0.39, 0.29) is 125 Å². The van der Waals surface area contributed by atoms with E-state index >= 15 is 0 Å². The molecule has 0 unspecified atom stereocenters. The number of aliphatic hydroxyl groups is 2. The fourth-order valence-corrected chi connectivity index (χ4v) is 15.4. The van der Waals surface area contributed by atoms with Crippen LogP contribution < -0.4 is 130 Å². The second-order valence-electron chi connectivity index (χ2n) is 37.8. The van der Waals surface area contributed by atoms with Crippen LogP contribution in [0, 0.1) is 35.0 Å². The Morgan fingerprint density at radius 2 is 0.872 bits per heavy atom. The number of nitrogens with one attached hydrogen (secondary N) is 20. The predicted molar refractivity (Wildman–Crippen MR) is 541 cm³/mol. The maximum Gasteiger partial charge on any atom is 0.326 e. The molecule has 34 N–H and O–H groups in total. The quantitative estimate of drug-likeness (QED) is 0.0127. The summed E-state index contributed by atoms with van der Waals surface area (Å²) < 4.78 is 0. The number of thiol groups is 1. The highest BCUT2D eigenvalue weighted by molar-refractivity contribution is 7.80. The fraction of sp³-hybridized carbons (Fsp3) is 0.632. The zero-order valence-electron chi connectivity index (χ0n) is 86.0. The van der Waals surface area contributed by atoms with Gasteiger partial charge in [-0.05, 0) is 144 Å². The van der Waals surface area contributed by atoms with E-state index in [1.807, 2.05) is 6.92 Å². The van der Waals surface area contributed by atoms with Gasteiger partial charge in [0.1, 0.15) is 102 Å². The minimum atomic E-state index is -1.99. The van der Waals surface area contributed by atoms with Gasteiger partial charge in [0, 0.05) is 38.1 Å². The van der Waals surface area contributed by atoms with Gasteiger partial charge in [0.25, 0.3) is 0 Å². The molecule has 3 rings (SSSR count). The van der Waals surface area contributed by atoms with Gasteiger partial charge in [0.05, 0.1) is 44.8 Å². The van der Waals surface area contributed by atoms with Crippen molar-refractivity contribution in [3.63, 3.8) is 0 Å². The first-order valence-corrected chi connectivity index (χ1v) is 49.9. The third kappa shape index (κ3) is 46.0. The second-order valence-corrected chi connectivity index (χ2v) is 38.2. The Hall–Kier alpha value is -14.0. The van der Waals surface area contributed by atoms with Crippen LogP contribution in [-0.4, -0.2) is 322 Å². The SMILES string of the molecule is CC[C@H](C)[C@H](N)C(=O)N[C@@H](CS)C(=O)N[C@@H](C)C(=O)N[C@@H](Cc1ccccc1)C(=O)N[C@@H](C)C(=O)N[C@@H](CC(N)=O)C(=O)N[C@H](C(=O)N1CCC[C@H]1C(=O)N[C@@H](CCCCN)C(=O)N[C@@H](Cc1ccc(O)cc1)C(=O)N[C@@H](CO)C(=O)N[C@@H](CCC(N)=O)C(=O)N[C@H](C(=O)N[C@@H](CC(C)C)C(=O)NCC(=O)N[C@@H](CC(C)C)C(=O)NCC(=O)NCC(=O)N[C@@H](CCCNC(=N)N)C(=O)N[C@H](C(=O)O)[C@@H](C)CC)C(C)C)[C@@H](C)O. The number of nitrogens with zero attached hydrogens (tertiary/aromatic N) is 1. The van der Waals surface area contributed by atoms with E-state index in [0.717, 1.165) is 11.8 Å². The molecule has 0 aliphatic carbocycles. The van der Waals surface area contributed by atoms with Crippen LogP contribution >= 0.6 is 12.6 Å². The number of phenols is 1. The smallest absolute Gasteiger partial charge is 0.326 e. The van der Waals surface area contributed by atoms with Crippen LogP contribution in [0.5, 0.6) is 5.75 Å². The number of hydrogen-bond acceptors (Lipinski definition) is 29. The van der Waals surface area contributed by atoms with Crippen LogP contribution in [0.1, 0.15) is 191 Å². The molecule has 148 heavy (non-hydrogen) atoms. The Morgan fingerprint density at radius 1 is 0.439 bits per heavy atom. The van der Waals surface area contributed by atoms with Crippen LogP contribution in [0.3, 0.4) is 0 Å². The first-order chi connectivity index (χ1) is 69.6. The molecular formula is C95H154N26O26S. The Labute approximate surface area is 864 Å². The van der Waals surface area contributed by atoms with E-state index in [4.69, 9.17) is 34.1 Å². The van der Waals surface area contributed by atoms with Crippen molar-refractivity contribution in [2.45, 2.75) is 302 Å². The molecule has 1 aliphatic heterocycles. The van der Waals surface area contributed by atoms with Gasteiger partial charge in [0.2, 0.25) is 124 Å². The van der Waals surface area contributed by atoms with Gasteiger partial charge in [-0.3, -0.25) is 106 Å². The molecule has 826 valence electrons. The van der Waals surface area contributed by atoms with Crippen molar-refractivity contribution in [3.8, 4) is 5.75 Å². The van der Waals surface area contributed by atoms with E-state index in [1.165, 1.54) is 52.0 Å². The Balaban J connectivity index is 1.83. The van der Waals surface area contributed by atoms with Crippen LogP contribution in [0.2, 0.25) is 0 Å². The maximum absolute atomic E-state index is 14.8. The number of amides is 21. The third-order valence-electron chi connectivity index (χ3n) is 24.1. The van der Waals surface area contributed by atoms with Crippen molar-refractivity contribution in [2.75, 3.05) is 51.6 Å². The molecule has 53 heteroatoms. The molecule has 1 aliphatic rings. The summed E-state index contributed by atoms with van der Waals surface area (Å²) in [5.41, 5.74) is 29.1. The number of hydrogen-bond donors (Lipinski definition) is 30. The molecule has 0 bridgehead atoms. The molecular weight excluding hydrogens is 1950 g/mol. The molecule has 21 amide bonds. The number of phenolic OH excluding ortho intramolecular Hbond substituents is 1. The van der Waals surface area contributed by atoms with E-state index in [9.17, 15) is 126 Å². The van der Waals surface area contributed by atoms with Crippen molar-refractivity contribution in [3.05, 3.63) is 65.7 Å². The Morgan fingerprint density at radius 3 is 1.38 bits per heavy atom. The number of benzene rings is 2. The zero-order chi connectivity index (χ0) is 112. The molecule has 0 saturated carbocycles. The maximum atomic E-state index is 14.8. The van der Waals surface area contributed by atoms with Crippen LogP contribution in [0.4, 0.5) is 0 Å². The largest absolute Gasteiger partial charge is 0.508 e. The monoisotopic (exact) mass is 2110 g/mol. The van der Waals surface area contributed by atoms with Gasteiger partial charge in [-0.25, -0.2) is 4.79 Å². The summed E-state index contributed by atoms with van der Waals surface area (Å²) in [6.07, 6.45) is -3.02. The zero-order valence-corrected chi connectivity index (χ0v) is 86.9. The summed E-state index contributed by atoms with van der Waals surface area (Å²) in [4.78, 5) is 303. The van der Waals surface area contributed by atoms with Crippen LogP contribution in [-0.2, 0) is 118 Å². The van der Waals surface area contributed by atoms with Crippen molar-refractivity contribution in [2.24, 2.45) is 58.3 Å². The predicted octanol–water partition coefficient (Wildman–Crippen LogP) is -8.08. The molecule has 1 saturated heterocycles. The number of likely N-dealkylation sites (tertiary alicyclic amines) is 1. The minimum Gasteiger partial charge on any atom is -0.508 e. The second kappa shape index (κ2) is 65.6. The van der Waals surface area contributed by atoms with E-state index < -0.39 is 303 Å². The first kappa shape index (κ1) is 128. The topological polar surface area (TPSA) is 842 Å². The van der Waals surface area contributed by atoms with E-state index in [0.29, 0.717) is 18.4 Å². The first-order valence-electron chi connectivity index (χ1n) is 49.3. The lowest BCUT2D eigenvalue weighted by Gasteiger charge is -2.32. The van der Waals surface area contributed by atoms with Gasteiger partial charge >= 0.3 is 5.97 Å². The van der Waals surface area contributed by atoms with Gasteiger partial charge in [-0.15, -0.1) is 0 Å². The molecule has 20 atom stereocenters. The molecule has 2 aromatic carbocycles. The number of carboxylic acids is 1. The standard InChI is InChI=1S/C95H154N26O26S/c1-14-50(9)74(99)91(143)117-67(46-148)89(141)107-53(12)78(130)112-63(39-55-23-17-16-18-24-55)85(137)106-52(11)79(131)113-65(41-70(98)126)87(139)120-77(54(13)123)93(145)121-36-22-27-68(121)90(142)111-59(25-19-20-34-96)82(134)114-64(40-56-28-30-57(124)31-29-56)86(138)116-66(45-122)88(140)110-60(32-33-69(97)125)84(136)118-75(49(7)8)92(144)115-62(38-48(5)6)81(133)105-44-73(129)109-61(37-47(3)4)80(132)104-42-71(127)103-43-72(128)108-58(26-21-35-102-95(100)101)83(135)119-76(94(146)147)51(10)15-2/h16-18,23-24,28-31,47-54,58-68,74-77,122-124,148H,14-15,19-22,25-27,32-46,96,99H2,1-13H3,(H2,97,125)(H2,98,126)(H,103,127)(H,104,132)(H,105,133)(H,106,137)(H,107,141)(H,108,128)(H,109,129)(H,110,140)(H,111,142)(H,112,130)(H,113,131)(H,114,134)(H,115,144)(H,116,138)(H,117,143)(H,118,136)(H,119,135)(H,120,139)(H,146,147)(H4,100,101,102)/t50-,51-,52-,53-,54+,58-,59-,60-,61-,62-,63-,64-,65-,66-,67-,68-,74-,75-,76-,77-/m0/s1. The van der Waals surface area contributed by atoms with Gasteiger partial charge in [0.15, 0.2) is 5.96 Å². The molecule has 1 heterocycles. The van der Waals surface area contributed by atoms with Crippen molar-refractivity contribution >= 4 is 149 Å². The summed E-state index contributed by atoms with van der Waals surface area (Å²) in [6, 6.07) is -12.1. The molecule has 0 radical (unpaired) electrons. The summed E-state index contributed by atoms with van der Waals surface area (Å²) in [6.45, 7) is 17.1. The fourth-order valence-electron chi connectivity index (χ4n) is 15.1. The summed E-state index contributed by atoms with van der Waals surface area (Å²) >= 11 is 4.19. The summed E-state index contributed by atoms with van der Waals surface area (Å²) in [5, 5.41) is 96.1. The average molecular weight is 2110 g/mol. The number of rotatable bonds is 67. The van der Waals surface area contributed by atoms with Crippen LogP contribution in [0.25, 0.3) is 0 Å². The van der Waals surface area contributed by atoms with Gasteiger partial charge in [-0.1, -0.05) is 125 Å². The highest BCUT2D eigenvalue weighted by atomic mass is 32.1. The number of guanidine groups is 1. The minimum absolute atomic E-state index is 0.0115. The van der Waals surface area contributed by atoms with Gasteiger partial charge in [-0.2, -0.15) is 12.6 Å². The number of aliphatic hydroxyl groups excluding tert-OH is 2. The normalized spacial score (nSPS) is 16.1. The third-order valence-corrected chi connectivity index (χ3v) is 24.5. The number of carbonyl (C=O) groups excluding carboxylic acids is 21. The Kier molecular flexibility index (Phi) is 56.8. The highest BCUT2D eigenvalue weighted by Gasteiger charge is 2.44. The molecule has 0 spiro atoms. The average Bonchev–Trinajstić information content (AvgIpc) is 1.66. The summed E-state index contributed by atoms with van der Waals surface area (Å²) in [7, 11) is 0. The van der Waals surface area contributed by atoms with Crippen molar-refractivity contribution in [1.29, 1.82) is 5.41 Å². The number of carboxylic acid groups (broad SMARTS) is 1. The number of unbranched alkanes of at least 4 members (excludes halogenated alkanes) is 1. The number of nitrogens with two attached hydrogens (primary N) is 5. The van der Waals surface area contributed by atoms with Crippen molar-refractivity contribution in [1.82, 2.24) is 106 Å². The van der Waals surface area contributed by atoms with Crippen molar-refractivity contribution < 1.29 is 126 Å². The number of carbonyl (C=O) groups is 22. The van der Waals surface area contributed by atoms with E-state index in [1.54, 1.807) is 78.8 Å². The van der Waals surface area contributed by atoms with Crippen LogP contribution in [0.15, 0.2) is 54.6 Å². The number of primary amides is 2. The lowest BCUT2D eigenvalue weighted by molar-refractivity contribution is -0.145. The highest BCUT2D eigenvalue weighted by Crippen LogP contribution is 2.23. The molecule has 0 aromatic heterocycles. The molecule has 52 nitrogen and oxygen atoms in total. The lowest BCUT2D eigenvalue weighted by atomic mass is 9.98. The lowest BCUT2D eigenvalue weighted by Crippen LogP contribution is -2.62. The Bertz CT molecular complexity index is 4850. The number of aliphatic carboxylic acids is 1.